The molecule has 4 nitrogen and oxygen atoms in total. The predicted molar refractivity (Wildman–Crippen MR) is 82.1 cm³/mol. The second kappa shape index (κ2) is 8.53. The highest BCUT2D eigenvalue weighted by atomic mass is 19.1. The van der Waals surface area contributed by atoms with Gasteiger partial charge in [-0.15, -0.1) is 0 Å². The predicted octanol–water partition coefficient (Wildman–Crippen LogP) is 1.96. The van der Waals surface area contributed by atoms with Gasteiger partial charge in [-0.25, -0.2) is 4.39 Å². The Labute approximate surface area is 120 Å². The number of hydrogen-bond acceptors (Lipinski definition) is 2. The Morgan fingerprint density at radius 1 is 1.40 bits per heavy atom. The van der Waals surface area contributed by atoms with E-state index in [1.807, 2.05) is 7.05 Å². The maximum absolute atomic E-state index is 12.8. The lowest BCUT2D eigenvalue weighted by Crippen LogP contribution is -2.38. The second-order valence-corrected chi connectivity index (χ2v) is 5.08. The number of nitrogens with two attached hydrogens (primary N) is 1. The SMILES string of the molecule is CCC(C)NC(N)=NCCN(C)Cc1ccc(F)cc1. The van der Waals surface area contributed by atoms with Crippen molar-refractivity contribution >= 4 is 5.96 Å². The molecule has 1 rings (SSSR count). The summed E-state index contributed by atoms with van der Waals surface area (Å²) in [6.07, 6.45) is 1.01. The van der Waals surface area contributed by atoms with Crippen molar-refractivity contribution in [2.24, 2.45) is 10.7 Å². The Bertz CT molecular complexity index is 416. The average Bonchev–Trinajstić information content (AvgIpc) is 2.41. The van der Waals surface area contributed by atoms with Gasteiger partial charge >= 0.3 is 0 Å². The first-order valence-electron chi connectivity index (χ1n) is 7.00. The largest absolute Gasteiger partial charge is 0.370 e. The highest BCUT2D eigenvalue weighted by molar-refractivity contribution is 5.78. The van der Waals surface area contributed by atoms with Crippen LogP contribution in [0.25, 0.3) is 0 Å². The van der Waals surface area contributed by atoms with Crippen LogP contribution >= 0.6 is 0 Å². The zero-order valence-corrected chi connectivity index (χ0v) is 12.6. The highest BCUT2D eigenvalue weighted by Crippen LogP contribution is 2.05. The van der Waals surface area contributed by atoms with Crippen molar-refractivity contribution in [3.63, 3.8) is 0 Å². The van der Waals surface area contributed by atoms with Crippen LogP contribution in [0.4, 0.5) is 4.39 Å². The summed E-state index contributed by atoms with van der Waals surface area (Å²) >= 11 is 0. The summed E-state index contributed by atoms with van der Waals surface area (Å²) in [6.45, 7) is 6.40. The van der Waals surface area contributed by atoms with Gasteiger partial charge < -0.3 is 16.0 Å². The van der Waals surface area contributed by atoms with Crippen molar-refractivity contribution in [1.82, 2.24) is 10.2 Å². The molecule has 1 aromatic rings. The summed E-state index contributed by atoms with van der Waals surface area (Å²) in [5.74, 6) is 0.291. The van der Waals surface area contributed by atoms with E-state index in [9.17, 15) is 4.39 Å². The third kappa shape index (κ3) is 6.52. The minimum Gasteiger partial charge on any atom is -0.370 e. The van der Waals surface area contributed by atoms with Gasteiger partial charge in [0.2, 0.25) is 0 Å². The van der Waals surface area contributed by atoms with Gasteiger partial charge in [0.1, 0.15) is 5.82 Å². The molecule has 0 amide bonds. The van der Waals surface area contributed by atoms with Gasteiger partial charge in [-0.1, -0.05) is 19.1 Å². The molecule has 3 N–H and O–H groups in total. The average molecular weight is 280 g/mol. The Hall–Kier alpha value is -1.62. The van der Waals surface area contributed by atoms with E-state index in [0.717, 1.165) is 25.1 Å². The van der Waals surface area contributed by atoms with Crippen molar-refractivity contribution in [2.75, 3.05) is 20.1 Å². The van der Waals surface area contributed by atoms with Crippen molar-refractivity contribution in [3.05, 3.63) is 35.6 Å². The van der Waals surface area contributed by atoms with E-state index < -0.39 is 0 Å². The molecule has 1 atom stereocenters. The van der Waals surface area contributed by atoms with E-state index in [-0.39, 0.29) is 5.82 Å². The van der Waals surface area contributed by atoms with Crippen molar-refractivity contribution in [1.29, 1.82) is 0 Å². The first-order chi connectivity index (χ1) is 9.51. The normalized spacial score (nSPS) is 13.6. The lowest BCUT2D eigenvalue weighted by atomic mass is 10.2. The first-order valence-corrected chi connectivity index (χ1v) is 7.00. The molecule has 0 fully saturated rings. The molecular formula is C15H25FN4. The molecule has 0 aliphatic rings. The molecule has 20 heavy (non-hydrogen) atoms. The molecule has 0 radical (unpaired) electrons. The summed E-state index contributed by atoms with van der Waals surface area (Å²) in [6, 6.07) is 6.91. The van der Waals surface area contributed by atoms with E-state index in [1.165, 1.54) is 12.1 Å². The Kier molecular flexibility index (Phi) is 7.01. The van der Waals surface area contributed by atoms with Gasteiger partial charge in [0.15, 0.2) is 5.96 Å². The second-order valence-electron chi connectivity index (χ2n) is 5.08. The third-order valence-corrected chi connectivity index (χ3v) is 3.14. The molecule has 112 valence electrons. The fraction of sp³-hybridized carbons (Fsp3) is 0.533. The van der Waals surface area contributed by atoms with Crippen molar-refractivity contribution < 1.29 is 4.39 Å². The number of rotatable bonds is 7. The monoisotopic (exact) mass is 280 g/mol. The summed E-state index contributed by atoms with van der Waals surface area (Å²) in [5, 5.41) is 3.13. The summed E-state index contributed by atoms with van der Waals surface area (Å²) in [7, 11) is 2.01. The maximum atomic E-state index is 12.8. The lowest BCUT2D eigenvalue weighted by molar-refractivity contribution is 0.336. The molecular weight excluding hydrogens is 255 g/mol. The molecule has 0 spiro atoms. The highest BCUT2D eigenvalue weighted by Gasteiger charge is 2.01. The standard InChI is InChI=1S/C15H25FN4/c1-4-12(2)19-15(17)18-9-10-20(3)11-13-5-7-14(16)8-6-13/h5-8,12H,4,9-11H2,1-3H3,(H3,17,18,19). The first kappa shape index (κ1) is 16.4. The number of benzene rings is 1. The van der Waals surface area contributed by atoms with E-state index in [0.29, 0.717) is 18.5 Å². The van der Waals surface area contributed by atoms with Gasteiger partial charge in [0.05, 0.1) is 6.54 Å². The van der Waals surface area contributed by atoms with Crippen LogP contribution in [0.3, 0.4) is 0 Å². The van der Waals surface area contributed by atoms with Crippen LogP contribution in [0, 0.1) is 5.82 Å². The number of hydrogen-bond donors (Lipinski definition) is 2. The molecule has 0 aromatic heterocycles. The van der Waals surface area contributed by atoms with Crippen LogP contribution in [0.5, 0.6) is 0 Å². The summed E-state index contributed by atoms with van der Waals surface area (Å²) < 4.78 is 12.8. The fourth-order valence-corrected chi connectivity index (χ4v) is 1.72. The number of halogens is 1. The van der Waals surface area contributed by atoms with Crippen LogP contribution in [-0.2, 0) is 6.54 Å². The van der Waals surface area contributed by atoms with Gasteiger partial charge in [0.25, 0.3) is 0 Å². The Morgan fingerprint density at radius 3 is 2.65 bits per heavy atom. The van der Waals surface area contributed by atoms with E-state index in [2.05, 4.69) is 29.1 Å². The number of aliphatic imine (C=N–C) groups is 1. The molecule has 5 heteroatoms. The molecule has 0 heterocycles. The molecule has 0 aliphatic carbocycles. The van der Waals surface area contributed by atoms with E-state index in [1.54, 1.807) is 12.1 Å². The molecule has 1 unspecified atom stereocenters. The number of likely N-dealkylation sites (N-methyl/N-ethyl adjacent to an activating group) is 1. The van der Waals surface area contributed by atoms with Crippen LogP contribution < -0.4 is 11.1 Å². The van der Waals surface area contributed by atoms with Crippen LogP contribution in [0.1, 0.15) is 25.8 Å². The lowest BCUT2D eigenvalue weighted by Gasteiger charge is -2.16. The Balaban J connectivity index is 2.30. The smallest absolute Gasteiger partial charge is 0.188 e. The third-order valence-electron chi connectivity index (χ3n) is 3.14. The van der Waals surface area contributed by atoms with Crippen LogP contribution in [0.2, 0.25) is 0 Å². The molecule has 1 aromatic carbocycles. The minimum atomic E-state index is -0.204. The summed E-state index contributed by atoms with van der Waals surface area (Å²) in [5.41, 5.74) is 6.87. The summed E-state index contributed by atoms with van der Waals surface area (Å²) in [4.78, 5) is 6.42. The Morgan fingerprint density at radius 2 is 2.05 bits per heavy atom. The molecule has 0 bridgehead atoms. The van der Waals surface area contributed by atoms with Crippen molar-refractivity contribution in [2.45, 2.75) is 32.9 Å². The molecule has 0 saturated carbocycles. The quantitative estimate of drug-likeness (QED) is 0.593. The zero-order chi connectivity index (χ0) is 15.0. The zero-order valence-electron chi connectivity index (χ0n) is 12.6. The molecule has 0 saturated heterocycles. The van der Waals surface area contributed by atoms with Gasteiger partial charge in [-0.05, 0) is 38.1 Å². The maximum Gasteiger partial charge on any atom is 0.188 e. The minimum absolute atomic E-state index is 0.204. The number of nitrogens with one attached hydrogen (secondary N) is 1. The fourth-order valence-electron chi connectivity index (χ4n) is 1.72. The van der Waals surface area contributed by atoms with Gasteiger partial charge in [-0.2, -0.15) is 0 Å². The van der Waals surface area contributed by atoms with Crippen LogP contribution in [-0.4, -0.2) is 37.0 Å². The number of nitrogens with zero attached hydrogens (tertiary/aromatic N) is 2. The van der Waals surface area contributed by atoms with Gasteiger partial charge in [-0.3, -0.25) is 4.99 Å². The van der Waals surface area contributed by atoms with Crippen molar-refractivity contribution in [3.8, 4) is 0 Å². The number of guanidine groups is 1. The molecule has 0 aliphatic heterocycles. The van der Waals surface area contributed by atoms with Crippen LogP contribution in [0.15, 0.2) is 29.3 Å². The van der Waals surface area contributed by atoms with Gasteiger partial charge in [0, 0.05) is 19.1 Å². The van der Waals surface area contributed by atoms with E-state index in [4.69, 9.17) is 5.73 Å². The van der Waals surface area contributed by atoms with E-state index >= 15 is 0 Å². The topological polar surface area (TPSA) is 53.6 Å².